The van der Waals surface area contributed by atoms with Gasteiger partial charge in [-0.2, -0.15) is 0 Å². The van der Waals surface area contributed by atoms with E-state index in [0.717, 1.165) is 17.5 Å². The minimum absolute atomic E-state index is 0.535. The van der Waals surface area contributed by atoms with Crippen LogP contribution >= 0.6 is 11.3 Å². The molecule has 0 bridgehead atoms. The van der Waals surface area contributed by atoms with Crippen molar-refractivity contribution in [2.75, 3.05) is 0 Å². The van der Waals surface area contributed by atoms with Gasteiger partial charge in [0.1, 0.15) is 0 Å². The van der Waals surface area contributed by atoms with Gasteiger partial charge in [0.25, 0.3) is 0 Å². The highest BCUT2D eigenvalue weighted by Gasteiger charge is 2.09. The number of aromatic nitrogens is 1. The Kier molecular flexibility index (Phi) is 2.88. The SMILES string of the molecule is Cc1ccc(-c2csc(C=O)n2)c(C)c1C. The minimum atomic E-state index is 0.535. The van der Waals surface area contributed by atoms with Crippen LogP contribution in [0.1, 0.15) is 26.5 Å². The molecule has 2 aromatic rings. The molecule has 0 saturated heterocycles. The lowest BCUT2D eigenvalue weighted by atomic mass is 9.97. The summed E-state index contributed by atoms with van der Waals surface area (Å²) in [5.74, 6) is 0. The number of aryl methyl sites for hydroxylation is 1. The van der Waals surface area contributed by atoms with Crippen LogP contribution < -0.4 is 0 Å². The summed E-state index contributed by atoms with van der Waals surface area (Å²) in [4.78, 5) is 14.9. The van der Waals surface area contributed by atoms with Crippen LogP contribution in [0.25, 0.3) is 11.3 Å². The summed E-state index contributed by atoms with van der Waals surface area (Å²) in [6, 6.07) is 4.17. The third-order valence-corrected chi connectivity index (χ3v) is 3.73. The maximum absolute atomic E-state index is 10.6. The standard InChI is InChI=1S/C13H13NOS/c1-8-4-5-11(10(3)9(8)2)12-7-16-13(6-15)14-12/h4-7H,1-3H3. The zero-order valence-electron chi connectivity index (χ0n) is 9.57. The first-order valence-corrected chi connectivity index (χ1v) is 5.99. The van der Waals surface area contributed by atoms with Crippen molar-refractivity contribution in [1.82, 2.24) is 4.98 Å². The Balaban J connectivity index is 2.56. The monoisotopic (exact) mass is 231 g/mol. The first kappa shape index (κ1) is 11.0. The second-order valence-electron chi connectivity index (χ2n) is 3.87. The predicted octanol–water partition coefficient (Wildman–Crippen LogP) is 3.55. The van der Waals surface area contributed by atoms with E-state index < -0.39 is 0 Å². The van der Waals surface area contributed by atoms with Gasteiger partial charge in [-0.15, -0.1) is 11.3 Å². The number of carbonyl (C=O) groups excluding carboxylic acids is 1. The molecule has 0 fully saturated rings. The van der Waals surface area contributed by atoms with E-state index in [4.69, 9.17) is 0 Å². The summed E-state index contributed by atoms with van der Waals surface area (Å²) in [5, 5.41) is 2.47. The molecule has 3 heteroatoms. The highest BCUT2D eigenvalue weighted by atomic mass is 32.1. The fraction of sp³-hybridized carbons (Fsp3) is 0.231. The Hall–Kier alpha value is -1.48. The fourth-order valence-corrected chi connectivity index (χ4v) is 2.32. The molecule has 0 radical (unpaired) electrons. The molecular formula is C13H13NOS. The van der Waals surface area contributed by atoms with Gasteiger partial charge in [-0.1, -0.05) is 12.1 Å². The Bertz CT molecular complexity index is 543. The molecule has 0 amide bonds. The molecule has 82 valence electrons. The van der Waals surface area contributed by atoms with Gasteiger partial charge in [0.2, 0.25) is 0 Å². The van der Waals surface area contributed by atoms with E-state index in [2.05, 4.69) is 37.9 Å². The van der Waals surface area contributed by atoms with Crippen molar-refractivity contribution in [3.8, 4) is 11.3 Å². The van der Waals surface area contributed by atoms with Gasteiger partial charge in [0, 0.05) is 10.9 Å². The molecule has 1 aromatic heterocycles. The molecule has 0 aliphatic rings. The predicted molar refractivity (Wildman–Crippen MR) is 67.1 cm³/mol. The van der Waals surface area contributed by atoms with Crippen molar-refractivity contribution in [3.05, 3.63) is 39.2 Å². The molecule has 0 atom stereocenters. The highest BCUT2D eigenvalue weighted by molar-refractivity contribution is 7.11. The normalized spacial score (nSPS) is 10.4. The van der Waals surface area contributed by atoms with Crippen LogP contribution in [-0.4, -0.2) is 11.3 Å². The zero-order chi connectivity index (χ0) is 11.7. The van der Waals surface area contributed by atoms with E-state index in [-0.39, 0.29) is 0 Å². The summed E-state index contributed by atoms with van der Waals surface area (Å²) in [5.41, 5.74) is 5.83. The van der Waals surface area contributed by atoms with Gasteiger partial charge in [-0.3, -0.25) is 4.79 Å². The Morgan fingerprint density at radius 2 is 1.94 bits per heavy atom. The zero-order valence-corrected chi connectivity index (χ0v) is 10.4. The lowest BCUT2D eigenvalue weighted by Crippen LogP contribution is -1.91. The molecule has 0 aliphatic heterocycles. The molecule has 1 heterocycles. The first-order valence-electron chi connectivity index (χ1n) is 5.11. The van der Waals surface area contributed by atoms with Gasteiger partial charge in [0.15, 0.2) is 11.3 Å². The molecule has 0 N–H and O–H groups in total. The smallest absolute Gasteiger partial charge is 0.178 e. The summed E-state index contributed by atoms with van der Waals surface area (Å²) in [6.45, 7) is 6.31. The fourth-order valence-electron chi connectivity index (χ4n) is 1.70. The molecule has 0 aliphatic carbocycles. The van der Waals surface area contributed by atoms with Crippen molar-refractivity contribution >= 4 is 17.6 Å². The summed E-state index contributed by atoms with van der Waals surface area (Å²) in [7, 11) is 0. The van der Waals surface area contributed by atoms with Crippen LogP contribution in [0.15, 0.2) is 17.5 Å². The number of rotatable bonds is 2. The van der Waals surface area contributed by atoms with E-state index in [9.17, 15) is 4.79 Å². The number of benzene rings is 1. The Labute approximate surface area is 99.0 Å². The van der Waals surface area contributed by atoms with Gasteiger partial charge in [-0.25, -0.2) is 4.98 Å². The average molecular weight is 231 g/mol. The largest absolute Gasteiger partial charge is 0.295 e. The van der Waals surface area contributed by atoms with Crippen LogP contribution in [0.2, 0.25) is 0 Å². The maximum atomic E-state index is 10.6. The van der Waals surface area contributed by atoms with Crippen molar-refractivity contribution in [2.45, 2.75) is 20.8 Å². The third kappa shape index (κ3) is 1.78. The highest BCUT2D eigenvalue weighted by Crippen LogP contribution is 2.27. The first-order chi connectivity index (χ1) is 7.63. The van der Waals surface area contributed by atoms with Gasteiger partial charge >= 0.3 is 0 Å². The number of carbonyl (C=O) groups is 1. The molecule has 0 saturated carbocycles. The van der Waals surface area contributed by atoms with Crippen molar-refractivity contribution < 1.29 is 4.79 Å². The Morgan fingerprint density at radius 3 is 2.56 bits per heavy atom. The van der Waals surface area contributed by atoms with Crippen LogP contribution in [-0.2, 0) is 0 Å². The van der Waals surface area contributed by atoms with Crippen LogP contribution in [0.4, 0.5) is 0 Å². The molecule has 0 unspecified atom stereocenters. The second-order valence-corrected chi connectivity index (χ2v) is 4.76. The summed E-state index contributed by atoms with van der Waals surface area (Å²) < 4.78 is 0. The molecule has 2 rings (SSSR count). The summed E-state index contributed by atoms with van der Waals surface area (Å²) >= 11 is 1.38. The van der Waals surface area contributed by atoms with Gasteiger partial charge in [-0.05, 0) is 37.5 Å². The van der Waals surface area contributed by atoms with E-state index in [0.29, 0.717) is 5.01 Å². The Morgan fingerprint density at radius 1 is 1.19 bits per heavy atom. The molecule has 1 aromatic carbocycles. The van der Waals surface area contributed by atoms with Crippen LogP contribution in [0, 0.1) is 20.8 Å². The van der Waals surface area contributed by atoms with E-state index in [1.807, 2.05) is 5.38 Å². The van der Waals surface area contributed by atoms with E-state index in [1.165, 1.54) is 28.0 Å². The van der Waals surface area contributed by atoms with Crippen LogP contribution in [0.5, 0.6) is 0 Å². The molecule has 2 nitrogen and oxygen atoms in total. The van der Waals surface area contributed by atoms with Gasteiger partial charge < -0.3 is 0 Å². The number of hydrogen-bond donors (Lipinski definition) is 0. The lowest BCUT2D eigenvalue weighted by Gasteiger charge is -2.08. The molecule has 16 heavy (non-hydrogen) atoms. The van der Waals surface area contributed by atoms with Crippen molar-refractivity contribution in [1.29, 1.82) is 0 Å². The number of hydrogen-bond acceptors (Lipinski definition) is 3. The molecular weight excluding hydrogens is 218 g/mol. The third-order valence-electron chi connectivity index (χ3n) is 2.96. The van der Waals surface area contributed by atoms with E-state index >= 15 is 0 Å². The average Bonchev–Trinajstić information content (AvgIpc) is 2.74. The number of aldehydes is 1. The number of thiazole rings is 1. The van der Waals surface area contributed by atoms with Crippen molar-refractivity contribution in [3.63, 3.8) is 0 Å². The second kappa shape index (κ2) is 4.18. The number of nitrogens with zero attached hydrogens (tertiary/aromatic N) is 1. The summed E-state index contributed by atoms with van der Waals surface area (Å²) in [6.07, 6.45) is 0.796. The quantitative estimate of drug-likeness (QED) is 0.740. The van der Waals surface area contributed by atoms with E-state index in [1.54, 1.807) is 0 Å². The van der Waals surface area contributed by atoms with Gasteiger partial charge in [0.05, 0.1) is 5.69 Å². The minimum Gasteiger partial charge on any atom is -0.295 e. The van der Waals surface area contributed by atoms with Crippen molar-refractivity contribution in [2.24, 2.45) is 0 Å². The maximum Gasteiger partial charge on any atom is 0.178 e. The molecule has 0 spiro atoms. The lowest BCUT2D eigenvalue weighted by molar-refractivity contribution is 0.112. The van der Waals surface area contributed by atoms with Crippen LogP contribution in [0.3, 0.4) is 0 Å². The topological polar surface area (TPSA) is 30.0 Å².